The van der Waals surface area contributed by atoms with Crippen molar-refractivity contribution in [3.8, 4) is 11.5 Å². The van der Waals surface area contributed by atoms with Crippen molar-refractivity contribution in [3.63, 3.8) is 0 Å². The van der Waals surface area contributed by atoms with E-state index in [0.717, 1.165) is 36.1 Å². The lowest BCUT2D eigenvalue weighted by atomic mass is 10.2. The summed E-state index contributed by atoms with van der Waals surface area (Å²) in [5, 5.41) is 9.12. The number of anilines is 2. The molecule has 0 saturated carbocycles. The molecular formula is C23H31N7O4. The second-order valence-corrected chi connectivity index (χ2v) is 8.41. The molecule has 0 bridgehead atoms. The van der Waals surface area contributed by atoms with Gasteiger partial charge in [0.2, 0.25) is 12.7 Å². The Morgan fingerprint density at radius 1 is 1.21 bits per heavy atom. The number of rotatable bonds is 11. The van der Waals surface area contributed by atoms with Crippen LogP contribution in [0.25, 0.3) is 11.2 Å². The van der Waals surface area contributed by atoms with Gasteiger partial charge in [-0.1, -0.05) is 19.9 Å². The molecule has 4 rings (SSSR count). The predicted molar refractivity (Wildman–Crippen MR) is 128 cm³/mol. The molecular weight excluding hydrogens is 438 g/mol. The normalized spacial score (nSPS) is 12.2. The van der Waals surface area contributed by atoms with Gasteiger partial charge in [-0.3, -0.25) is 0 Å². The van der Waals surface area contributed by atoms with Crippen LogP contribution in [0.3, 0.4) is 0 Å². The monoisotopic (exact) mass is 469 g/mol. The minimum atomic E-state index is -0.446. The first kappa shape index (κ1) is 23.4. The largest absolute Gasteiger partial charge is 0.454 e. The number of hydrogen-bond acceptors (Lipinski definition) is 9. The Balaban J connectivity index is 1.22. The first-order chi connectivity index (χ1) is 16.5. The van der Waals surface area contributed by atoms with Gasteiger partial charge in [0.25, 0.3) is 0 Å². The fraction of sp³-hybridized carbons (Fsp3) is 0.478. The SMILES string of the molecule is CNc1nc(NCC(C)C)nc2c1ncn2CCCCOC(=O)NCc1ccc2c(c1)OCO2. The molecule has 11 nitrogen and oxygen atoms in total. The standard InChI is InChI=1S/C23H31N7O4/c1-15(2)11-25-22-28-20(24-3)19-21(29-22)30(13-27-19)8-4-5-9-32-23(31)26-12-16-6-7-17-18(10-16)34-14-33-17/h6-7,10,13,15H,4-5,8-9,11-12,14H2,1-3H3,(H,26,31)(H2,24,25,28,29). The molecule has 2 aromatic heterocycles. The lowest BCUT2D eigenvalue weighted by Gasteiger charge is -2.10. The van der Waals surface area contributed by atoms with Gasteiger partial charge >= 0.3 is 6.09 Å². The Bertz CT molecular complexity index is 1130. The molecule has 3 heterocycles. The highest BCUT2D eigenvalue weighted by Crippen LogP contribution is 2.32. The summed E-state index contributed by atoms with van der Waals surface area (Å²) in [7, 11) is 1.82. The lowest BCUT2D eigenvalue weighted by Crippen LogP contribution is -2.24. The summed E-state index contributed by atoms with van der Waals surface area (Å²) in [6.07, 6.45) is 2.86. The summed E-state index contributed by atoms with van der Waals surface area (Å²) in [6.45, 7) is 6.68. The number of nitrogens with zero attached hydrogens (tertiary/aromatic N) is 4. The number of aromatic nitrogens is 4. The molecule has 1 amide bonds. The molecule has 11 heteroatoms. The smallest absolute Gasteiger partial charge is 0.407 e. The third-order valence-electron chi connectivity index (χ3n) is 5.27. The Hall–Kier alpha value is -3.76. The third kappa shape index (κ3) is 5.77. The van der Waals surface area contributed by atoms with Gasteiger partial charge in [0.05, 0.1) is 12.9 Å². The zero-order chi connectivity index (χ0) is 23.9. The van der Waals surface area contributed by atoms with Gasteiger partial charge in [-0.15, -0.1) is 0 Å². The predicted octanol–water partition coefficient (Wildman–Crippen LogP) is 3.37. The van der Waals surface area contributed by atoms with E-state index in [-0.39, 0.29) is 6.79 Å². The average molecular weight is 470 g/mol. The first-order valence-electron chi connectivity index (χ1n) is 11.5. The van der Waals surface area contributed by atoms with Crippen LogP contribution in [-0.4, -0.2) is 52.6 Å². The number of hydrogen-bond donors (Lipinski definition) is 3. The van der Waals surface area contributed by atoms with Crippen molar-refractivity contribution < 1.29 is 19.0 Å². The van der Waals surface area contributed by atoms with Crippen LogP contribution in [0.15, 0.2) is 24.5 Å². The summed E-state index contributed by atoms with van der Waals surface area (Å²) in [5.41, 5.74) is 2.42. The maximum absolute atomic E-state index is 12.0. The fourth-order valence-electron chi connectivity index (χ4n) is 3.48. The average Bonchev–Trinajstić information content (AvgIpc) is 3.47. The Morgan fingerprint density at radius 3 is 2.88 bits per heavy atom. The number of imidazole rings is 1. The summed E-state index contributed by atoms with van der Waals surface area (Å²) in [5.74, 6) is 3.16. The summed E-state index contributed by atoms with van der Waals surface area (Å²) in [6, 6.07) is 5.57. The van der Waals surface area contributed by atoms with E-state index in [1.165, 1.54) is 0 Å². The molecule has 1 aliphatic rings. The van der Waals surface area contributed by atoms with Crippen molar-refractivity contribution in [1.29, 1.82) is 0 Å². The third-order valence-corrected chi connectivity index (χ3v) is 5.27. The molecule has 0 saturated heterocycles. The number of amides is 1. The van der Waals surface area contributed by atoms with Crippen LogP contribution >= 0.6 is 0 Å². The second kappa shape index (κ2) is 10.9. The zero-order valence-corrected chi connectivity index (χ0v) is 19.8. The van der Waals surface area contributed by atoms with Gasteiger partial charge in [0.15, 0.2) is 28.5 Å². The number of ether oxygens (including phenoxy) is 3. The van der Waals surface area contributed by atoms with Gasteiger partial charge in [-0.2, -0.15) is 9.97 Å². The van der Waals surface area contributed by atoms with Crippen LogP contribution in [0, 0.1) is 5.92 Å². The van der Waals surface area contributed by atoms with Crippen LogP contribution in [0.2, 0.25) is 0 Å². The summed E-state index contributed by atoms with van der Waals surface area (Å²) >= 11 is 0. The van der Waals surface area contributed by atoms with Crippen LogP contribution < -0.4 is 25.4 Å². The number of carbonyl (C=O) groups is 1. The molecule has 3 N–H and O–H groups in total. The van der Waals surface area contributed by atoms with Crippen molar-refractivity contribution in [2.24, 2.45) is 5.92 Å². The molecule has 0 spiro atoms. The van der Waals surface area contributed by atoms with E-state index < -0.39 is 6.09 Å². The van der Waals surface area contributed by atoms with Crippen LogP contribution in [0.1, 0.15) is 32.3 Å². The Labute approximate surface area is 198 Å². The van der Waals surface area contributed by atoms with E-state index in [4.69, 9.17) is 14.2 Å². The molecule has 34 heavy (non-hydrogen) atoms. The number of carbonyl (C=O) groups excluding carboxylic acids is 1. The van der Waals surface area contributed by atoms with Crippen LogP contribution in [0.5, 0.6) is 11.5 Å². The number of fused-ring (bicyclic) bond motifs is 2. The van der Waals surface area contributed by atoms with E-state index in [9.17, 15) is 4.79 Å². The van der Waals surface area contributed by atoms with Gasteiger partial charge < -0.3 is 34.7 Å². The second-order valence-electron chi connectivity index (χ2n) is 8.41. The fourth-order valence-corrected chi connectivity index (χ4v) is 3.48. The molecule has 0 radical (unpaired) electrons. The van der Waals surface area contributed by atoms with E-state index in [1.807, 2.05) is 29.8 Å². The number of nitrogens with one attached hydrogen (secondary N) is 3. The van der Waals surface area contributed by atoms with Crippen molar-refractivity contribution in [2.45, 2.75) is 39.8 Å². The van der Waals surface area contributed by atoms with Crippen molar-refractivity contribution in [2.75, 3.05) is 37.6 Å². The van der Waals surface area contributed by atoms with Gasteiger partial charge in [-0.05, 0) is 36.5 Å². The zero-order valence-electron chi connectivity index (χ0n) is 19.8. The number of unbranched alkanes of at least 4 members (excludes halogenated alkanes) is 1. The van der Waals surface area contributed by atoms with Gasteiger partial charge in [0, 0.05) is 26.7 Å². The number of benzene rings is 1. The van der Waals surface area contributed by atoms with Crippen LogP contribution in [-0.2, 0) is 17.8 Å². The highest BCUT2D eigenvalue weighted by atomic mass is 16.7. The molecule has 0 fully saturated rings. The maximum Gasteiger partial charge on any atom is 0.407 e. The minimum absolute atomic E-state index is 0.225. The maximum atomic E-state index is 12.0. The molecule has 1 aromatic carbocycles. The number of alkyl carbamates (subject to hydrolysis) is 1. The summed E-state index contributed by atoms with van der Waals surface area (Å²) < 4.78 is 17.9. The lowest BCUT2D eigenvalue weighted by molar-refractivity contribution is 0.143. The van der Waals surface area contributed by atoms with Crippen molar-refractivity contribution in [1.82, 2.24) is 24.8 Å². The van der Waals surface area contributed by atoms with E-state index in [0.29, 0.717) is 48.9 Å². The van der Waals surface area contributed by atoms with E-state index in [2.05, 4.69) is 44.7 Å². The van der Waals surface area contributed by atoms with Crippen LogP contribution in [0.4, 0.5) is 16.6 Å². The topological polar surface area (TPSA) is 124 Å². The Kier molecular flexibility index (Phi) is 7.51. The highest BCUT2D eigenvalue weighted by molar-refractivity contribution is 5.84. The summed E-state index contributed by atoms with van der Waals surface area (Å²) in [4.78, 5) is 25.6. The molecule has 0 aliphatic carbocycles. The first-order valence-corrected chi connectivity index (χ1v) is 11.5. The number of aryl methyl sites for hydroxylation is 1. The molecule has 1 aliphatic heterocycles. The molecule has 0 atom stereocenters. The molecule has 182 valence electrons. The molecule has 3 aromatic rings. The Morgan fingerprint density at radius 2 is 2.06 bits per heavy atom. The van der Waals surface area contributed by atoms with E-state index in [1.54, 1.807) is 6.33 Å². The van der Waals surface area contributed by atoms with Gasteiger partial charge in [-0.25, -0.2) is 9.78 Å². The minimum Gasteiger partial charge on any atom is -0.454 e. The van der Waals surface area contributed by atoms with Crippen molar-refractivity contribution >= 4 is 29.0 Å². The van der Waals surface area contributed by atoms with E-state index >= 15 is 0 Å². The molecule has 0 unspecified atom stereocenters. The van der Waals surface area contributed by atoms with Crippen molar-refractivity contribution in [3.05, 3.63) is 30.1 Å². The quantitative estimate of drug-likeness (QED) is 0.363. The highest BCUT2D eigenvalue weighted by Gasteiger charge is 2.14. The van der Waals surface area contributed by atoms with Gasteiger partial charge in [0.1, 0.15) is 0 Å².